The van der Waals surface area contributed by atoms with E-state index in [2.05, 4.69) is 10.3 Å². The highest BCUT2D eigenvalue weighted by molar-refractivity contribution is 5.96. The van der Waals surface area contributed by atoms with Crippen molar-refractivity contribution in [2.24, 2.45) is 5.92 Å². The third kappa shape index (κ3) is 3.71. The Balaban J connectivity index is 1.71. The minimum absolute atomic E-state index is 0.0539. The SMILES string of the molecule is CC(C)CN(C)C(=O)c1cccc(C(=O)N2CCC3(CCC(=O)N3)C2)n1. The maximum atomic E-state index is 12.8. The quantitative estimate of drug-likeness (QED) is 0.880. The van der Waals surface area contributed by atoms with Crippen LogP contribution in [0.3, 0.4) is 0 Å². The molecule has 2 saturated heterocycles. The summed E-state index contributed by atoms with van der Waals surface area (Å²) in [5.41, 5.74) is 0.273. The van der Waals surface area contributed by atoms with Crippen LogP contribution in [0.2, 0.25) is 0 Å². The highest BCUT2D eigenvalue weighted by Crippen LogP contribution is 2.31. The molecule has 1 aromatic rings. The molecule has 2 aliphatic heterocycles. The number of pyridine rings is 1. The summed E-state index contributed by atoms with van der Waals surface area (Å²) in [7, 11) is 1.74. The third-order valence-electron chi connectivity index (χ3n) is 5.05. The van der Waals surface area contributed by atoms with Crippen molar-refractivity contribution in [3.63, 3.8) is 0 Å². The summed E-state index contributed by atoms with van der Waals surface area (Å²) in [6.07, 6.45) is 2.05. The maximum Gasteiger partial charge on any atom is 0.272 e. The van der Waals surface area contributed by atoms with Crippen molar-refractivity contribution in [2.75, 3.05) is 26.7 Å². The number of carbonyl (C=O) groups is 3. The second-order valence-electron chi connectivity index (χ2n) is 7.79. The monoisotopic (exact) mass is 358 g/mol. The van der Waals surface area contributed by atoms with E-state index in [4.69, 9.17) is 0 Å². The van der Waals surface area contributed by atoms with Crippen LogP contribution in [-0.2, 0) is 4.79 Å². The van der Waals surface area contributed by atoms with Gasteiger partial charge in [0.25, 0.3) is 11.8 Å². The second kappa shape index (κ2) is 7.05. The zero-order valence-electron chi connectivity index (χ0n) is 15.6. The molecule has 1 atom stereocenters. The Kier molecular flexibility index (Phi) is 4.98. The Morgan fingerprint density at radius 2 is 2.04 bits per heavy atom. The lowest BCUT2D eigenvalue weighted by Crippen LogP contribution is -2.45. The van der Waals surface area contributed by atoms with Crippen molar-refractivity contribution in [3.05, 3.63) is 29.6 Å². The molecule has 140 valence electrons. The van der Waals surface area contributed by atoms with Gasteiger partial charge in [-0.25, -0.2) is 4.98 Å². The van der Waals surface area contributed by atoms with Crippen molar-refractivity contribution in [1.82, 2.24) is 20.1 Å². The molecule has 3 rings (SSSR count). The Labute approximate surface area is 153 Å². The van der Waals surface area contributed by atoms with Crippen LogP contribution in [0, 0.1) is 5.92 Å². The Bertz CT molecular complexity index is 733. The fourth-order valence-corrected chi connectivity index (χ4v) is 3.79. The number of hydrogen-bond donors (Lipinski definition) is 1. The zero-order chi connectivity index (χ0) is 18.9. The van der Waals surface area contributed by atoms with Gasteiger partial charge in [0.2, 0.25) is 5.91 Å². The van der Waals surface area contributed by atoms with E-state index < -0.39 is 0 Å². The standard InChI is InChI=1S/C19H26N4O3/c1-13(2)11-22(3)17(25)14-5-4-6-15(20-14)18(26)23-10-9-19(12-23)8-7-16(24)21-19/h4-6,13H,7-12H2,1-3H3,(H,21,24). The van der Waals surface area contributed by atoms with E-state index in [1.807, 2.05) is 13.8 Å². The largest absolute Gasteiger partial charge is 0.349 e. The van der Waals surface area contributed by atoms with Crippen LogP contribution in [-0.4, -0.2) is 64.7 Å². The van der Waals surface area contributed by atoms with Crippen molar-refractivity contribution < 1.29 is 14.4 Å². The summed E-state index contributed by atoms with van der Waals surface area (Å²) in [6, 6.07) is 4.97. The van der Waals surface area contributed by atoms with Gasteiger partial charge >= 0.3 is 0 Å². The molecule has 0 radical (unpaired) electrons. The van der Waals surface area contributed by atoms with E-state index in [-0.39, 0.29) is 34.6 Å². The van der Waals surface area contributed by atoms with E-state index in [1.165, 1.54) is 0 Å². The van der Waals surface area contributed by atoms with Gasteiger partial charge in [0.1, 0.15) is 11.4 Å². The molecular weight excluding hydrogens is 332 g/mol. The molecule has 2 aliphatic rings. The fraction of sp³-hybridized carbons (Fsp3) is 0.579. The van der Waals surface area contributed by atoms with Gasteiger partial charge < -0.3 is 15.1 Å². The second-order valence-corrected chi connectivity index (χ2v) is 7.79. The predicted octanol–water partition coefficient (Wildman–Crippen LogP) is 1.30. The van der Waals surface area contributed by atoms with Crippen LogP contribution in [0.4, 0.5) is 0 Å². The maximum absolute atomic E-state index is 12.8. The van der Waals surface area contributed by atoms with E-state index in [0.29, 0.717) is 32.0 Å². The molecule has 3 heterocycles. The van der Waals surface area contributed by atoms with Gasteiger partial charge in [-0.1, -0.05) is 19.9 Å². The Morgan fingerprint density at radius 1 is 1.31 bits per heavy atom. The lowest BCUT2D eigenvalue weighted by atomic mass is 9.97. The highest BCUT2D eigenvalue weighted by Gasteiger charge is 2.44. The number of nitrogens with zero attached hydrogens (tertiary/aromatic N) is 3. The molecule has 1 spiro atoms. The topological polar surface area (TPSA) is 82.6 Å². The molecular formula is C19H26N4O3. The third-order valence-corrected chi connectivity index (χ3v) is 5.05. The van der Waals surface area contributed by atoms with Gasteiger partial charge in [-0.15, -0.1) is 0 Å². The van der Waals surface area contributed by atoms with Gasteiger partial charge in [0.15, 0.2) is 0 Å². The van der Waals surface area contributed by atoms with Crippen molar-refractivity contribution in [2.45, 2.75) is 38.6 Å². The number of nitrogens with one attached hydrogen (secondary N) is 1. The van der Waals surface area contributed by atoms with Crippen molar-refractivity contribution in [3.8, 4) is 0 Å². The van der Waals surface area contributed by atoms with E-state index in [1.54, 1.807) is 35.0 Å². The lowest BCUT2D eigenvalue weighted by Gasteiger charge is -2.24. The van der Waals surface area contributed by atoms with Crippen LogP contribution in [0.5, 0.6) is 0 Å². The first-order chi connectivity index (χ1) is 12.3. The Hall–Kier alpha value is -2.44. The number of likely N-dealkylation sites (tertiary alicyclic amines) is 1. The smallest absolute Gasteiger partial charge is 0.272 e. The van der Waals surface area contributed by atoms with Crippen LogP contribution < -0.4 is 5.32 Å². The molecule has 7 nitrogen and oxygen atoms in total. The van der Waals surface area contributed by atoms with E-state index in [9.17, 15) is 14.4 Å². The van der Waals surface area contributed by atoms with Crippen molar-refractivity contribution >= 4 is 17.7 Å². The van der Waals surface area contributed by atoms with Crippen LogP contribution >= 0.6 is 0 Å². The molecule has 0 bridgehead atoms. The van der Waals surface area contributed by atoms with Gasteiger partial charge in [-0.05, 0) is 30.9 Å². The molecule has 7 heteroatoms. The number of aromatic nitrogens is 1. The van der Waals surface area contributed by atoms with Gasteiger partial charge in [0, 0.05) is 33.1 Å². The van der Waals surface area contributed by atoms with E-state index >= 15 is 0 Å². The first-order valence-electron chi connectivity index (χ1n) is 9.12. The van der Waals surface area contributed by atoms with Crippen LogP contribution in [0.15, 0.2) is 18.2 Å². The Morgan fingerprint density at radius 3 is 2.69 bits per heavy atom. The number of carbonyl (C=O) groups excluding carboxylic acids is 3. The average Bonchev–Trinajstić information content (AvgIpc) is 3.19. The average molecular weight is 358 g/mol. The molecule has 0 aromatic carbocycles. The number of amides is 3. The van der Waals surface area contributed by atoms with E-state index in [0.717, 1.165) is 12.8 Å². The van der Waals surface area contributed by atoms with Crippen molar-refractivity contribution in [1.29, 1.82) is 0 Å². The molecule has 2 fully saturated rings. The molecule has 0 saturated carbocycles. The summed E-state index contributed by atoms with van der Waals surface area (Å²) >= 11 is 0. The summed E-state index contributed by atoms with van der Waals surface area (Å²) in [5, 5.41) is 3.01. The fourth-order valence-electron chi connectivity index (χ4n) is 3.79. The minimum Gasteiger partial charge on any atom is -0.349 e. The summed E-state index contributed by atoms with van der Waals surface area (Å²) in [4.78, 5) is 44.5. The molecule has 1 unspecified atom stereocenters. The lowest BCUT2D eigenvalue weighted by molar-refractivity contribution is -0.119. The minimum atomic E-state index is -0.280. The first kappa shape index (κ1) is 18.4. The molecule has 26 heavy (non-hydrogen) atoms. The summed E-state index contributed by atoms with van der Waals surface area (Å²) in [5.74, 6) is 0.0351. The van der Waals surface area contributed by atoms with Crippen LogP contribution in [0.1, 0.15) is 54.1 Å². The molecule has 1 aromatic heterocycles. The number of rotatable bonds is 4. The summed E-state index contributed by atoms with van der Waals surface area (Å²) in [6.45, 7) is 5.81. The zero-order valence-corrected chi connectivity index (χ0v) is 15.6. The normalized spacial score (nSPS) is 22.2. The highest BCUT2D eigenvalue weighted by atomic mass is 16.2. The molecule has 0 aliphatic carbocycles. The molecule has 3 amide bonds. The van der Waals surface area contributed by atoms with Gasteiger partial charge in [0.05, 0.1) is 5.54 Å². The predicted molar refractivity (Wildman–Crippen MR) is 96.7 cm³/mol. The number of hydrogen-bond acceptors (Lipinski definition) is 4. The molecule has 1 N–H and O–H groups in total. The van der Waals surface area contributed by atoms with Gasteiger partial charge in [-0.2, -0.15) is 0 Å². The summed E-state index contributed by atoms with van der Waals surface area (Å²) < 4.78 is 0. The van der Waals surface area contributed by atoms with Crippen LogP contribution in [0.25, 0.3) is 0 Å². The first-order valence-corrected chi connectivity index (χ1v) is 9.12. The van der Waals surface area contributed by atoms with Gasteiger partial charge in [-0.3, -0.25) is 14.4 Å².